The van der Waals surface area contributed by atoms with Gasteiger partial charge in [-0.2, -0.15) is 0 Å². The molecule has 0 saturated carbocycles. The highest BCUT2D eigenvalue weighted by atomic mass is 32.2. The van der Waals surface area contributed by atoms with E-state index < -0.39 is 10.0 Å². The van der Waals surface area contributed by atoms with Gasteiger partial charge in [-0.3, -0.25) is 0 Å². The number of rotatable bonds is 3. The van der Waals surface area contributed by atoms with Crippen LogP contribution >= 0.6 is 0 Å². The first-order valence-electron chi connectivity index (χ1n) is 4.43. The van der Waals surface area contributed by atoms with Gasteiger partial charge in [0.2, 0.25) is 10.0 Å². The van der Waals surface area contributed by atoms with E-state index in [9.17, 15) is 8.42 Å². The van der Waals surface area contributed by atoms with Gasteiger partial charge in [0, 0.05) is 6.04 Å². The van der Waals surface area contributed by atoms with Crippen LogP contribution in [0.2, 0.25) is 0 Å². The van der Waals surface area contributed by atoms with Crippen molar-refractivity contribution in [2.75, 3.05) is 6.26 Å². The summed E-state index contributed by atoms with van der Waals surface area (Å²) in [5.41, 5.74) is 2.11. The summed E-state index contributed by atoms with van der Waals surface area (Å²) in [5, 5.41) is 0. The van der Waals surface area contributed by atoms with Gasteiger partial charge in [0.1, 0.15) is 0 Å². The van der Waals surface area contributed by atoms with Crippen LogP contribution in [0.3, 0.4) is 0 Å². The van der Waals surface area contributed by atoms with Gasteiger partial charge in [-0.25, -0.2) is 13.1 Å². The lowest BCUT2D eigenvalue weighted by Crippen LogP contribution is -2.25. The molecule has 0 aliphatic carbocycles. The molecule has 1 aromatic carbocycles. The van der Waals surface area contributed by atoms with Crippen molar-refractivity contribution in [3.05, 3.63) is 35.4 Å². The molecular formula is C10H15NO2S. The summed E-state index contributed by atoms with van der Waals surface area (Å²) in [6.07, 6.45) is 1.17. The predicted molar refractivity (Wildman–Crippen MR) is 57.6 cm³/mol. The Morgan fingerprint density at radius 3 is 2.36 bits per heavy atom. The number of sulfonamides is 1. The third-order valence-corrected chi connectivity index (χ3v) is 2.83. The largest absolute Gasteiger partial charge is 0.213 e. The summed E-state index contributed by atoms with van der Waals surface area (Å²) in [6, 6.07) is 7.56. The second kappa shape index (κ2) is 4.11. The smallest absolute Gasteiger partial charge is 0.209 e. The van der Waals surface area contributed by atoms with Crippen molar-refractivity contribution in [1.82, 2.24) is 4.72 Å². The van der Waals surface area contributed by atoms with E-state index in [0.717, 1.165) is 11.1 Å². The second-order valence-corrected chi connectivity index (χ2v) is 5.25. The lowest BCUT2D eigenvalue weighted by molar-refractivity contribution is 0.572. The highest BCUT2D eigenvalue weighted by Gasteiger charge is 2.11. The molecule has 0 radical (unpaired) electrons. The third kappa shape index (κ3) is 3.12. The fourth-order valence-electron chi connectivity index (χ4n) is 1.46. The van der Waals surface area contributed by atoms with E-state index in [-0.39, 0.29) is 6.04 Å². The third-order valence-electron chi connectivity index (χ3n) is 2.05. The molecule has 4 heteroatoms. The van der Waals surface area contributed by atoms with Crippen LogP contribution in [0.15, 0.2) is 24.3 Å². The van der Waals surface area contributed by atoms with Crippen molar-refractivity contribution in [3.63, 3.8) is 0 Å². The molecule has 0 amide bonds. The fraction of sp³-hybridized carbons (Fsp3) is 0.400. The molecule has 1 aromatic rings. The first-order valence-corrected chi connectivity index (χ1v) is 6.32. The maximum Gasteiger partial charge on any atom is 0.209 e. The average molecular weight is 213 g/mol. The van der Waals surface area contributed by atoms with E-state index >= 15 is 0 Å². The first kappa shape index (κ1) is 11.2. The van der Waals surface area contributed by atoms with Crippen LogP contribution in [0.1, 0.15) is 24.1 Å². The molecule has 1 rings (SSSR count). The molecule has 14 heavy (non-hydrogen) atoms. The van der Waals surface area contributed by atoms with Gasteiger partial charge in [-0.05, 0) is 25.0 Å². The highest BCUT2D eigenvalue weighted by Crippen LogP contribution is 2.16. The average Bonchev–Trinajstić information content (AvgIpc) is 2.01. The molecule has 0 spiro atoms. The van der Waals surface area contributed by atoms with Crippen LogP contribution in [-0.2, 0) is 10.0 Å². The van der Waals surface area contributed by atoms with Crippen LogP contribution in [0.25, 0.3) is 0 Å². The lowest BCUT2D eigenvalue weighted by Gasteiger charge is -2.14. The normalized spacial score (nSPS) is 13.9. The zero-order valence-corrected chi connectivity index (χ0v) is 9.43. The molecule has 1 N–H and O–H groups in total. The number of aryl methyl sites for hydroxylation is 1. The molecule has 0 bridgehead atoms. The van der Waals surface area contributed by atoms with Crippen LogP contribution in [-0.4, -0.2) is 14.7 Å². The van der Waals surface area contributed by atoms with E-state index in [2.05, 4.69) is 4.72 Å². The van der Waals surface area contributed by atoms with Crippen molar-refractivity contribution in [1.29, 1.82) is 0 Å². The van der Waals surface area contributed by atoms with E-state index in [4.69, 9.17) is 0 Å². The Balaban J connectivity index is 2.90. The minimum absolute atomic E-state index is 0.175. The monoisotopic (exact) mass is 213 g/mol. The topological polar surface area (TPSA) is 46.2 Å². The van der Waals surface area contributed by atoms with E-state index in [0.29, 0.717) is 0 Å². The molecule has 0 unspecified atom stereocenters. The molecule has 78 valence electrons. The summed E-state index contributed by atoms with van der Waals surface area (Å²) in [5.74, 6) is 0. The Labute approximate surface area is 85.2 Å². The summed E-state index contributed by atoms with van der Waals surface area (Å²) >= 11 is 0. The van der Waals surface area contributed by atoms with Crippen molar-refractivity contribution < 1.29 is 8.42 Å². The molecular weight excluding hydrogens is 198 g/mol. The Kier molecular flexibility index (Phi) is 3.29. The zero-order chi connectivity index (χ0) is 10.8. The van der Waals surface area contributed by atoms with Gasteiger partial charge in [0.25, 0.3) is 0 Å². The molecule has 0 aliphatic heterocycles. The zero-order valence-electron chi connectivity index (χ0n) is 8.61. The summed E-state index contributed by atoms with van der Waals surface area (Å²) in [4.78, 5) is 0. The number of hydrogen-bond acceptors (Lipinski definition) is 2. The summed E-state index contributed by atoms with van der Waals surface area (Å²) in [7, 11) is -3.14. The van der Waals surface area contributed by atoms with Crippen molar-refractivity contribution >= 4 is 10.0 Å². The van der Waals surface area contributed by atoms with E-state index in [1.54, 1.807) is 0 Å². The van der Waals surface area contributed by atoms with Crippen LogP contribution in [0.4, 0.5) is 0 Å². The summed E-state index contributed by atoms with van der Waals surface area (Å²) in [6.45, 7) is 3.80. The molecule has 0 heterocycles. The van der Waals surface area contributed by atoms with Gasteiger partial charge in [0.05, 0.1) is 6.26 Å². The van der Waals surface area contributed by atoms with Gasteiger partial charge >= 0.3 is 0 Å². The lowest BCUT2D eigenvalue weighted by atomic mass is 10.0. The Bertz CT molecular complexity index is 412. The van der Waals surface area contributed by atoms with Crippen molar-refractivity contribution in [2.45, 2.75) is 19.9 Å². The van der Waals surface area contributed by atoms with Gasteiger partial charge in [-0.1, -0.05) is 24.3 Å². The van der Waals surface area contributed by atoms with Gasteiger partial charge in [0.15, 0.2) is 0 Å². The Morgan fingerprint density at radius 1 is 1.29 bits per heavy atom. The molecule has 0 saturated heterocycles. The SMILES string of the molecule is Cc1ccccc1[C@@H](C)NS(C)(=O)=O. The molecule has 3 nitrogen and oxygen atoms in total. The number of hydrogen-bond donors (Lipinski definition) is 1. The van der Waals surface area contributed by atoms with Crippen LogP contribution < -0.4 is 4.72 Å². The quantitative estimate of drug-likeness (QED) is 0.829. The van der Waals surface area contributed by atoms with Gasteiger partial charge in [-0.15, -0.1) is 0 Å². The maximum absolute atomic E-state index is 11.0. The fourth-order valence-corrected chi connectivity index (χ4v) is 2.23. The summed E-state index contributed by atoms with van der Waals surface area (Å²) < 4.78 is 24.6. The second-order valence-electron chi connectivity index (χ2n) is 3.47. The molecule has 0 aliphatic rings. The molecule has 0 aromatic heterocycles. The van der Waals surface area contributed by atoms with Gasteiger partial charge < -0.3 is 0 Å². The molecule has 1 atom stereocenters. The standard InChI is InChI=1S/C10H15NO2S/c1-8-6-4-5-7-10(8)9(2)11-14(3,12)13/h4-7,9,11H,1-3H3/t9-/m1/s1. The Hall–Kier alpha value is -0.870. The minimum Gasteiger partial charge on any atom is -0.213 e. The Morgan fingerprint density at radius 2 is 1.86 bits per heavy atom. The van der Waals surface area contributed by atoms with E-state index in [1.165, 1.54) is 6.26 Å². The van der Waals surface area contributed by atoms with Crippen molar-refractivity contribution in [2.24, 2.45) is 0 Å². The molecule has 0 fully saturated rings. The van der Waals surface area contributed by atoms with Crippen LogP contribution in [0.5, 0.6) is 0 Å². The van der Waals surface area contributed by atoms with E-state index in [1.807, 2.05) is 38.1 Å². The minimum atomic E-state index is -3.14. The highest BCUT2D eigenvalue weighted by molar-refractivity contribution is 7.88. The first-order chi connectivity index (χ1) is 6.40. The van der Waals surface area contributed by atoms with Crippen molar-refractivity contribution in [3.8, 4) is 0 Å². The number of nitrogens with one attached hydrogen (secondary N) is 1. The maximum atomic E-state index is 11.0. The number of benzene rings is 1. The predicted octanol–water partition coefficient (Wildman–Crippen LogP) is 1.61. The van der Waals surface area contributed by atoms with Crippen LogP contribution in [0, 0.1) is 6.92 Å².